The minimum atomic E-state index is 0.219. The number of unbranched alkanes of at least 4 members (excludes halogenated alkanes) is 3. The van der Waals surface area contributed by atoms with E-state index < -0.39 is 0 Å². The Bertz CT molecular complexity index is 452. The lowest BCUT2D eigenvalue weighted by atomic mass is 10.0. The Morgan fingerprint density at radius 1 is 1.23 bits per heavy atom. The standard InChI is InChI=1S/C18H28N2OS/c1-15-18(16-9-5-4-6-10-16)20(13-14-22-15)17(21)11-7-2-3-8-12-19/h4-6,9-10,15,18H,2-3,7-8,11-14,19H2,1H3. The van der Waals surface area contributed by atoms with Crippen molar-refractivity contribution in [1.82, 2.24) is 4.90 Å². The zero-order chi connectivity index (χ0) is 15.8. The molecule has 1 aliphatic heterocycles. The van der Waals surface area contributed by atoms with E-state index in [2.05, 4.69) is 36.1 Å². The molecule has 0 aromatic heterocycles. The minimum Gasteiger partial charge on any atom is -0.334 e. The van der Waals surface area contributed by atoms with Crippen LogP contribution < -0.4 is 5.73 Å². The molecule has 2 atom stereocenters. The van der Waals surface area contributed by atoms with E-state index in [4.69, 9.17) is 5.73 Å². The number of thioether (sulfide) groups is 1. The van der Waals surface area contributed by atoms with Gasteiger partial charge in [0.15, 0.2) is 0 Å². The highest BCUT2D eigenvalue weighted by molar-refractivity contribution is 8.00. The highest BCUT2D eigenvalue weighted by Gasteiger charge is 2.32. The highest BCUT2D eigenvalue weighted by Crippen LogP contribution is 2.36. The third kappa shape index (κ3) is 4.75. The molecule has 1 aromatic rings. The van der Waals surface area contributed by atoms with Gasteiger partial charge in [-0.2, -0.15) is 11.8 Å². The van der Waals surface area contributed by atoms with Gasteiger partial charge in [0.1, 0.15) is 0 Å². The van der Waals surface area contributed by atoms with Crippen LogP contribution in [0.1, 0.15) is 50.6 Å². The molecule has 1 aliphatic rings. The first-order chi connectivity index (χ1) is 10.7. The highest BCUT2D eigenvalue weighted by atomic mass is 32.2. The summed E-state index contributed by atoms with van der Waals surface area (Å²) >= 11 is 1.97. The summed E-state index contributed by atoms with van der Waals surface area (Å²) in [4.78, 5) is 14.8. The van der Waals surface area contributed by atoms with E-state index in [9.17, 15) is 4.79 Å². The Labute approximate surface area is 138 Å². The van der Waals surface area contributed by atoms with Gasteiger partial charge in [-0.3, -0.25) is 4.79 Å². The molecule has 0 saturated carbocycles. The first kappa shape index (κ1) is 17.4. The van der Waals surface area contributed by atoms with Gasteiger partial charge in [0.25, 0.3) is 0 Å². The number of hydrogen-bond acceptors (Lipinski definition) is 3. The van der Waals surface area contributed by atoms with E-state index in [0.29, 0.717) is 17.6 Å². The van der Waals surface area contributed by atoms with Crippen molar-refractivity contribution < 1.29 is 4.79 Å². The molecule has 2 unspecified atom stereocenters. The Hall–Kier alpha value is -1.00. The van der Waals surface area contributed by atoms with E-state index in [1.165, 1.54) is 5.56 Å². The molecule has 0 spiro atoms. The smallest absolute Gasteiger partial charge is 0.223 e. The topological polar surface area (TPSA) is 46.3 Å². The summed E-state index contributed by atoms with van der Waals surface area (Å²) < 4.78 is 0. The summed E-state index contributed by atoms with van der Waals surface area (Å²) in [6.45, 7) is 3.87. The van der Waals surface area contributed by atoms with Crippen molar-refractivity contribution in [3.63, 3.8) is 0 Å². The second-order valence-corrected chi connectivity index (χ2v) is 7.46. The average Bonchev–Trinajstić information content (AvgIpc) is 2.55. The van der Waals surface area contributed by atoms with Crippen LogP contribution in [0, 0.1) is 0 Å². The summed E-state index contributed by atoms with van der Waals surface area (Å²) in [5, 5.41) is 0.456. The predicted octanol–water partition coefficient (Wildman–Crippen LogP) is 3.60. The van der Waals surface area contributed by atoms with Crippen LogP contribution in [0.25, 0.3) is 0 Å². The number of carbonyl (C=O) groups is 1. The zero-order valence-electron chi connectivity index (χ0n) is 13.5. The molecule has 0 bridgehead atoms. The normalized spacial score (nSPS) is 21.8. The molecular formula is C18H28N2OS. The molecule has 122 valence electrons. The van der Waals surface area contributed by atoms with Gasteiger partial charge in [-0.25, -0.2) is 0 Å². The van der Waals surface area contributed by atoms with Crippen LogP contribution in [0.15, 0.2) is 30.3 Å². The number of nitrogens with two attached hydrogens (primary N) is 1. The maximum atomic E-state index is 12.7. The van der Waals surface area contributed by atoms with E-state index in [1.54, 1.807) is 0 Å². The Morgan fingerprint density at radius 2 is 1.95 bits per heavy atom. The fourth-order valence-corrected chi connectivity index (χ4v) is 4.28. The molecule has 4 heteroatoms. The number of carbonyl (C=O) groups excluding carboxylic acids is 1. The maximum absolute atomic E-state index is 12.7. The van der Waals surface area contributed by atoms with Gasteiger partial charge >= 0.3 is 0 Å². The van der Waals surface area contributed by atoms with Gasteiger partial charge in [-0.1, -0.05) is 50.1 Å². The van der Waals surface area contributed by atoms with Crippen LogP contribution in [0.4, 0.5) is 0 Å². The molecule has 0 aliphatic carbocycles. The van der Waals surface area contributed by atoms with E-state index in [1.807, 2.05) is 17.8 Å². The second kappa shape index (κ2) is 9.21. The largest absolute Gasteiger partial charge is 0.334 e. The Morgan fingerprint density at radius 3 is 2.68 bits per heavy atom. The summed E-state index contributed by atoms with van der Waals surface area (Å²) in [6.07, 6.45) is 4.97. The maximum Gasteiger partial charge on any atom is 0.223 e. The number of rotatable bonds is 7. The van der Waals surface area contributed by atoms with Crippen LogP contribution >= 0.6 is 11.8 Å². The van der Waals surface area contributed by atoms with Gasteiger partial charge in [0.2, 0.25) is 5.91 Å². The van der Waals surface area contributed by atoms with Gasteiger partial charge < -0.3 is 10.6 Å². The SMILES string of the molecule is CC1SCCN(C(=O)CCCCCCN)C1c1ccccc1. The molecule has 0 radical (unpaired) electrons. The minimum absolute atomic E-state index is 0.219. The van der Waals surface area contributed by atoms with Crippen LogP contribution in [0.2, 0.25) is 0 Å². The molecular weight excluding hydrogens is 292 g/mol. The predicted molar refractivity (Wildman–Crippen MR) is 95.0 cm³/mol. The molecule has 22 heavy (non-hydrogen) atoms. The van der Waals surface area contributed by atoms with Gasteiger partial charge in [0, 0.05) is 24.0 Å². The molecule has 2 N–H and O–H groups in total. The lowest BCUT2D eigenvalue weighted by molar-refractivity contribution is -0.133. The van der Waals surface area contributed by atoms with Crippen molar-refractivity contribution in [2.75, 3.05) is 18.8 Å². The first-order valence-corrected chi connectivity index (χ1v) is 9.45. The van der Waals surface area contributed by atoms with Crippen molar-refractivity contribution in [1.29, 1.82) is 0 Å². The van der Waals surface area contributed by atoms with Gasteiger partial charge in [0.05, 0.1) is 6.04 Å². The van der Waals surface area contributed by atoms with Crippen LogP contribution in [-0.2, 0) is 4.79 Å². The number of amides is 1. The van der Waals surface area contributed by atoms with Crippen molar-refractivity contribution in [2.45, 2.75) is 50.3 Å². The van der Waals surface area contributed by atoms with Gasteiger partial charge in [-0.15, -0.1) is 0 Å². The molecule has 2 rings (SSSR count). The molecule has 1 fully saturated rings. The summed E-state index contributed by atoms with van der Waals surface area (Å²) in [5.74, 6) is 1.36. The van der Waals surface area contributed by atoms with Crippen molar-refractivity contribution in [3.05, 3.63) is 35.9 Å². The molecule has 1 aromatic carbocycles. The van der Waals surface area contributed by atoms with E-state index in [-0.39, 0.29) is 6.04 Å². The lowest BCUT2D eigenvalue weighted by Crippen LogP contribution is -2.43. The third-order valence-electron chi connectivity index (χ3n) is 4.30. The van der Waals surface area contributed by atoms with Crippen LogP contribution in [0.5, 0.6) is 0 Å². The summed E-state index contributed by atoms with van der Waals surface area (Å²) in [5.41, 5.74) is 6.77. The lowest BCUT2D eigenvalue weighted by Gasteiger charge is -2.40. The molecule has 1 amide bonds. The van der Waals surface area contributed by atoms with Crippen molar-refractivity contribution >= 4 is 17.7 Å². The second-order valence-electron chi connectivity index (χ2n) is 5.97. The van der Waals surface area contributed by atoms with Crippen molar-refractivity contribution in [3.8, 4) is 0 Å². The third-order valence-corrected chi connectivity index (χ3v) is 5.50. The molecule has 1 heterocycles. The fraction of sp³-hybridized carbons (Fsp3) is 0.611. The van der Waals surface area contributed by atoms with E-state index in [0.717, 1.165) is 44.5 Å². The number of nitrogens with zero attached hydrogens (tertiary/aromatic N) is 1. The Kier molecular flexibility index (Phi) is 7.26. The van der Waals surface area contributed by atoms with Gasteiger partial charge in [-0.05, 0) is 24.9 Å². The van der Waals surface area contributed by atoms with Crippen LogP contribution in [0.3, 0.4) is 0 Å². The Balaban J connectivity index is 1.95. The summed E-state index contributed by atoms with van der Waals surface area (Å²) in [7, 11) is 0. The van der Waals surface area contributed by atoms with Crippen LogP contribution in [-0.4, -0.2) is 34.9 Å². The number of benzene rings is 1. The number of hydrogen-bond donors (Lipinski definition) is 1. The first-order valence-electron chi connectivity index (χ1n) is 8.40. The molecule has 3 nitrogen and oxygen atoms in total. The fourth-order valence-electron chi connectivity index (χ4n) is 3.12. The van der Waals surface area contributed by atoms with E-state index >= 15 is 0 Å². The quantitative estimate of drug-likeness (QED) is 0.781. The molecule has 1 saturated heterocycles. The zero-order valence-corrected chi connectivity index (χ0v) is 14.4. The monoisotopic (exact) mass is 320 g/mol. The summed E-state index contributed by atoms with van der Waals surface area (Å²) in [6, 6.07) is 10.7. The van der Waals surface area contributed by atoms with Crippen molar-refractivity contribution in [2.24, 2.45) is 5.73 Å². The average molecular weight is 321 g/mol.